The molecule has 3 aromatic rings. The number of halogens is 1. The number of hydrogen-bond acceptors (Lipinski definition) is 1. The highest BCUT2D eigenvalue weighted by atomic mass is 79.9. The zero-order valence-corrected chi connectivity index (χ0v) is 15.4. The lowest BCUT2D eigenvalue weighted by atomic mass is 10.00. The molecular weight excluding hydrogens is 370 g/mol. The van der Waals surface area contributed by atoms with Crippen molar-refractivity contribution in [3.63, 3.8) is 0 Å². The van der Waals surface area contributed by atoms with Crippen LogP contribution < -0.4 is 0 Å². The third-order valence-electron chi connectivity index (χ3n) is 3.89. The molecule has 1 heterocycles. The summed E-state index contributed by atoms with van der Waals surface area (Å²) in [7, 11) is 0. The Morgan fingerprint density at radius 2 is 1.56 bits per heavy atom. The van der Waals surface area contributed by atoms with Crippen LogP contribution in [0.4, 0.5) is 0 Å². The van der Waals surface area contributed by atoms with Crippen molar-refractivity contribution < 1.29 is 0 Å². The Labute approximate surface area is 157 Å². The van der Waals surface area contributed by atoms with Crippen molar-refractivity contribution in [2.24, 2.45) is 0 Å². The number of rotatable bonds is 5. The number of allylic oxidation sites excluding steroid dienone is 4. The van der Waals surface area contributed by atoms with E-state index in [0.29, 0.717) is 0 Å². The number of aromatic nitrogens is 1. The Morgan fingerprint density at radius 3 is 2.20 bits per heavy atom. The van der Waals surface area contributed by atoms with Crippen LogP contribution in [0.1, 0.15) is 5.69 Å². The molecule has 25 heavy (non-hydrogen) atoms. The summed E-state index contributed by atoms with van der Waals surface area (Å²) in [5, 5.41) is 0. The molecule has 0 fully saturated rings. The molecule has 1 nitrogen and oxygen atoms in total. The fourth-order valence-corrected chi connectivity index (χ4v) is 2.89. The molecule has 3 rings (SSSR count). The topological polar surface area (TPSA) is 12.9 Å². The van der Waals surface area contributed by atoms with Gasteiger partial charge in [0, 0.05) is 10.0 Å². The van der Waals surface area contributed by atoms with E-state index in [9.17, 15) is 0 Å². The van der Waals surface area contributed by atoms with Crippen LogP contribution in [-0.2, 0) is 0 Å². The maximum Gasteiger partial charge on any atom is 0.0715 e. The van der Waals surface area contributed by atoms with Crippen molar-refractivity contribution in [1.29, 1.82) is 0 Å². The second-order valence-corrected chi connectivity index (χ2v) is 6.48. The summed E-state index contributed by atoms with van der Waals surface area (Å²) in [6.07, 6.45) is 5.49. The fourth-order valence-electron chi connectivity index (χ4n) is 2.63. The monoisotopic (exact) mass is 387 g/mol. The summed E-state index contributed by atoms with van der Waals surface area (Å²) in [5.74, 6) is 0. The average molecular weight is 388 g/mol. The Morgan fingerprint density at radius 1 is 0.840 bits per heavy atom. The van der Waals surface area contributed by atoms with Crippen molar-refractivity contribution in [3.05, 3.63) is 108 Å². The van der Waals surface area contributed by atoms with Crippen LogP contribution in [0.5, 0.6) is 0 Å². The van der Waals surface area contributed by atoms with Crippen LogP contribution in [0.25, 0.3) is 28.0 Å². The number of benzene rings is 2. The maximum atomic E-state index is 4.85. The second kappa shape index (κ2) is 7.91. The summed E-state index contributed by atoms with van der Waals surface area (Å²) in [5.41, 5.74) is 6.12. The van der Waals surface area contributed by atoms with Gasteiger partial charge in [-0.2, -0.15) is 0 Å². The SMILES string of the molecule is C=C/C=C(\C=C)c1cc(-c2ccccc2)cc(-c2ccc(Br)cc2)n1. The minimum absolute atomic E-state index is 0.883. The largest absolute Gasteiger partial charge is 0.248 e. The zero-order valence-electron chi connectivity index (χ0n) is 13.8. The van der Waals surface area contributed by atoms with Gasteiger partial charge in [-0.15, -0.1) is 0 Å². The molecule has 1 aromatic heterocycles. The number of hydrogen-bond donors (Lipinski definition) is 0. The van der Waals surface area contributed by atoms with Crippen molar-refractivity contribution in [2.75, 3.05) is 0 Å². The number of pyridine rings is 1. The van der Waals surface area contributed by atoms with Crippen LogP contribution in [0.2, 0.25) is 0 Å². The van der Waals surface area contributed by atoms with Gasteiger partial charge in [-0.25, -0.2) is 4.98 Å². The summed E-state index contributed by atoms with van der Waals surface area (Å²) in [6, 6.07) is 22.7. The van der Waals surface area contributed by atoms with E-state index in [2.05, 4.69) is 65.5 Å². The first-order valence-electron chi connectivity index (χ1n) is 8.00. The van der Waals surface area contributed by atoms with E-state index in [1.165, 1.54) is 0 Å². The molecule has 0 bridgehead atoms. The molecule has 0 unspecified atom stereocenters. The summed E-state index contributed by atoms with van der Waals surface area (Å²) in [6.45, 7) is 7.70. The second-order valence-electron chi connectivity index (χ2n) is 5.56. The average Bonchev–Trinajstić information content (AvgIpc) is 2.67. The molecule has 122 valence electrons. The van der Waals surface area contributed by atoms with Gasteiger partial charge in [0.25, 0.3) is 0 Å². The first-order valence-corrected chi connectivity index (χ1v) is 8.79. The van der Waals surface area contributed by atoms with Crippen LogP contribution in [0.15, 0.2) is 103 Å². The molecule has 2 heteroatoms. The molecule has 0 atom stereocenters. The summed E-state index contributed by atoms with van der Waals surface area (Å²) in [4.78, 5) is 4.85. The predicted molar refractivity (Wildman–Crippen MR) is 111 cm³/mol. The van der Waals surface area contributed by atoms with Gasteiger partial charge in [0.2, 0.25) is 0 Å². The van der Waals surface area contributed by atoms with E-state index in [0.717, 1.165) is 38.1 Å². The van der Waals surface area contributed by atoms with Gasteiger partial charge in [-0.05, 0) is 41.0 Å². The van der Waals surface area contributed by atoms with Gasteiger partial charge in [-0.1, -0.05) is 89.8 Å². The Hall–Kier alpha value is -2.71. The van der Waals surface area contributed by atoms with Gasteiger partial charge in [-0.3, -0.25) is 0 Å². The van der Waals surface area contributed by atoms with E-state index >= 15 is 0 Å². The molecule has 0 amide bonds. The normalized spacial score (nSPS) is 11.2. The highest BCUT2D eigenvalue weighted by Gasteiger charge is 2.09. The molecule has 0 radical (unpaired) electrons. The zero-order chi connectivity index (χ0) is 17.6. The summed E-state index contributed by atoms with van der Waals surface area (Å²) < 4.78 is 1.05. The minimum atomic E-state index is 0.883. The van der Waals surface area contributed by atoms with E-state index in [4.69, 9.17) is 4.98 Å². The van der Waals surface area contributed by atoms with Gasteiger partial charge in [0.05, 0.1) is 11.4 Å². The van der Waals surface area contributed by atoms with E-state index in [-0.39, 0.29) is 0 Å². The van der Waals surface area contributed by atoms with Crippen LogP contribution in [0, 0.1) is 0 Å². The molecule has 0 spiro atoms. The molecule has 0 aliphatic heterocycles. The molecule has 0 saturated heterocycles. The smallest absolute Gasteiger partial charge is 0.0715 e. The van der Waals surface area contributed by atoms with E-state index in [1.54, 1.807) is 6.08 Å². The van der Waals surface area contributed by atoms with Gasteiger partial charge in [0.1, 0.15) is 0 Å². The molecule has 2 aromatic carbocycles. The lowest BCUT2D eigenvalue weighted by Gasteiger charge is -2.10. The van der Waals surface area contributed by atoms with Crippen molar-refractivity contribution >= 4 is 21.5 Å². The van der Waals surface area contributed by atoms with Crippen molar-refractivity contribution in [1.82, 2.24) is 4.98 Å². The van der Waals surface area contributed by atoms with Crippen molar-refractivity contribution in [3.8, 4) is 22.4 Å². The van der Waals surface area contributed by atoms with Crippen LogP contribution >= 0.6 is 15.9 Å². The van der Waals surface area contributed by atoms with Gasteiger partial charge >= 0.3 is 0 Å². The highest BCUT2D eigenvalue weighted by Crippen LogP contribution is 2.29. The van der Waals surface area contributed by atoms with Gasteiger partial charge < -0.3 is 0 Å². The number of nitrogens with zero attached hydrogens (tertiary/aromatic N) is 1. The maximum absolute atomic E-state index is 4.85. The van der Waals surface area contributed by atoms with Gasteiger partial charge in [0.15, 0.2) is 0 Å². The molecule has 0 aliphatic rings. The Kier molecular flexibility index (Phi) is 5.42. The van der Waals surface area contributed by atoms with Crippen LogP contribution in [0.3, 0.4) is 0 Å². The van der Waals surface area contributed by atoms with E-state index < -0.39 is 0 Å². The summed E-state index contributed by atoms with van der Waals surface area (Å²) >= 11 is 3.48. The van der Waals surface area contributed by atoms with Crippen molar-refractivity contribution in [2.45, 2.75) is 0 Å². The Bertz CT molecular complexity index is 922. The van der Waals surface area contributed by atoms with Crippen LogP contribution in [-0.4, -0.2) is 4.98 Å². The molecule has 0 saturated carbocycles. The Balaban J connectivity index is 2.21. The predicted octanol–water partition coefficient (Wildman–Crippen LogP) is 6.93. The quantitative estimate of drug-likeness (QED) is 0.432. The standard InChI is InChI=1S/C23H18BrN/c1-3-8-17(4-2)22-15-20(18-9-6-5-7-10-18)16-23(25-22)19-11-13-21(24)14-12-19/h3-16H,1-2H2/b17-8+. The minimum Gasteiger partial charge on any atom is -0.248 e. The fraction of sp³-hybridized carbons (Fsp3) is 0. The first-order chi connectivity index (χ1) is 12.2. The molecular formula is C23H18BrN. The molecule has 0 aliphatic carbocycles. The lowest BCUT2D eigenvalue weighted by molar-refractivity contribution is 1.28. The van der Waals surface area contributed by atoms with E-state index in [1.807, 2.05) is 42.5 Å². The third kappa shape index (κ3) is 4.04. The molecule has 0 N–H and O–H groups in total. The first kappa shape index (κ1) is 17.1. The lowest BCUT2D eigenvalue weighted by Crippen LogP contribution is -1.93. The third-order valence-corrected chi connectivity index (χ3v) is 4.41. The highest BCUT2D eigenvalue weighted by molar-refractivity contribution is 9.10.